The number of imidazole rings is 1. The van der Waals surface area contributed by atoms with Crippen LogP contribution in [-0.2, 0) is 12.8 Å². The van der Waals surface area contributed by atoms with Crippen molar-refractivity contribution in [2.75, 3.05) is 0 Å². The fourth-order valence-electron chi connectivity index (χ4n) is 3.45. The Morgan fingerprint density at radius 1 is 1.07 bits per heavy atom. The third-order valence-electron chi connectivity index (χ3n) is 4.95. The molecule has 1 aromatic carbocycles. The lowest BCUT2D eigenvalue weighted by Gasteiger charge is -2.05. The minimum absolute atomic E-state index is 0.0240. The standard InChI is InChI=1S/C22H19N5OS2/c1-13-9-14(2)27-11-16(24-21(27)23-13)12-29-22-25-19-17(20(28)26(22)3)10-18(30-19)15-7-5-4-6-8-15/h4-11H,12H2,1-3H3. The molecular formula is C22H19N5OS2. The summed E-state index contributed by atoms with van der Waals surface area (Å²) in [5.41, 5.74) is 4.03. The Bertz CT molecular complexity index is 1450. The van der Waals surface area contributed by atoms with Gasteiger partial charge in [-0.3, -0.25) is 13.8 Å². The van der Waals surface area contributed by atoms with Crippen molar-refractivity contribution < 1.29 is 0 Å². The molecule has 0 amide bonds. The van der Waals surface area contributed by atoms with Crippen LogP contribution in [0.25, 0.3) is 26.4 Å². The summed E-state index contributed by atoms with van der Waals surface area (Å²) in [4.78, 5) is 28.6. The Labute approximate surface area is 181 Å². The van der Waals surface area contributed by atoms with E-state index in [0.29, 0.717) is 22.1 Å². The Hall–Kier alpha value is -2.97. The van der Waals surface area contributed by atoms with Crippen LogP contribution in [0, 0.1) is 13.8 Å². The van der Waals surface area contributed by atoms with Crippen LogP contribution in [0.15, 0.2) is 58.6 Å². The molecule has 0 aliphatic heterocycles. The van der Waals surface area contributed by atoms with Crippen LogP contribution in [-0.4, -0.2) is 23.9 Å². The maximum atomic E-state index is 12.9. The maximum absolute atomic E-state index is 12.9. The van der Waals surface area contributed by atoms with Crippen LogP contribution in [0.4, 0.5) is 0 Å². The zero-order valence-electron chi connectivity index (χ0n) is 16.8. The molecule has 0 aliphatic rings. The Balaban J connectivity index is 1.48. The van der Waals surface area contributed by atoms with Crippen molar-refractivity contribution in [1.82, 2.24) is 23.9 Å². The summed E-state index contributed by atoms with van der Waals surface area (Å²) in [6, 6.07) is 14.1. The molecule has 0 spiro atoms. The number of thiophene rings is 1. The first-order valence-corrected chi connectivity index (χ1v) is 11.3. The van der Waals surface area contributed by atoms with E-state index in [1.165, 1.54) is 11.8 Å². The third kappa shape index (κ3) is 3.32. The molecule has 5 rings (SSSR count). The number of hydrogen-bond donors (Lipinski definition) is 0. The Morgan fingerprint density at radius 3 is 2.67 bits per heavy atom. The van der Waals surface area contributed by atoms with Crippen LogP contribution < -0.4 is 5.56 Å². The van der Waals surface area contributed by atoms with E-state index in [-0.39, 0.29) is 5.56 Å². The molecule has 4 aromatic heterocycles. The van der Waals surface area contributed by atoms with E-state index in [2.05, 4.69) is 9.97 Å². The molecule has 0 fully saturated rings. The van der Waals surface area contributed by atoms with E-state index in [1.807, 2.05) is 66.9 Å². The first kappa shape index (κ1) is 19.0. The van der Waals surface area contributed by atoms with Gasteiger partial charge in [0.2, 0.25) is 5.78 Å². The number of nitrogens with zero attached hydrogens (tertiary/aromatic N) is 5. The van der Waals surface area contributed by atoms with Gasteiger partial charge in [-0.15, -0.1) is 11.3 Å². The van der Waals surface area contributed by atoms with Crippen LogP contribution in [0.1, 0.15) is 17.1 Å². The molecule has 5 aromatic rings. The molecule has 0 saturated heterocycles. The minimum atomic E-state index is -0.0240. The number of rotatable bonds is 4. The highest BCUT2D eigenvalue weighted by molar-refractivity contribution is 7.98. The van der Waals surface area contributed by atoms with Gasteiger partial charge in [0.1, 0.15) is 4.83 Å². The number of thioether (sulfide) groups is 1. The first-order chi connectivity index (χ1) is 14.5. The average molecular weight is 434 g/mol. The molecule has 150 valence electrons. The second-order valence-electron chi connectivity index (χ2n) is 7.18. The summed E-state index contributed by atoms with van der Waals surface area (Å²) in [6.45, 7) is 4.01. The van der Waals surface area contributed by atoms with Crippen molar-refractivity contribution >= 4 is 39.1 Å². The normalized spacial score (nSPS) is 11.6. The predicted molar refractivity (Wildman–Crippen MR) is 122 cm³/mol. The molecule has 6 nitrogen and oxygen atoms in total. The SMILES string of the molecule is Cc1cc(C)n2cc(CSc3nc4sc(-c5ccccc5)cc4c(=O)n3C)nc2n1. The van der Waals surface area contributed by atoms with Crippen LogP contribution in [0.5, 0.6) is 0 Å². The molecule has 0 aliphatic carbocycles. The van der Waals surface area contributed by atoms with Gasteiger partial charge in [-0.05, 0) is 31.5 Å². The zero-order chi connectivity index (χ0) is 20.8. The van der Waals surface area contributed by atoms with Crippen molar-refractivity contribution in [2.45, 2.75) is 24.8 Å². The molecule has 8 heteroatoms. The largest absolute Gasteiger partial charge is 0.290 e. The van der Waals surface area contributed by atoms with E-state index in [4.69, 9.17) is 4.98 Å². The summed E-state index contributed by atoms with van der Waals surface area (Å²) in [7, 11) is 1.77. The summed E-state index contributed by atoms with van der Waals surface area (Å²) < 4.78 is 3.61. The minimum Gasteiger partial charge on any atom is -0.290 e. The fourth-order valence-corrected chi connectivity index (χ4v) is 5.38. The van der Waals surface area contributed by atoms with Crippen LogP contribution in [0.3, 0.4) is 0 Å². The van der Waals surface area contributed by atoms with E-state index in [1.54, 1.807) is 23.0 Å². The second kappa shape index (κ2) is 7.37. The van der Waals surface area contributed by atoms with Crippen LogP contribution in [0.2, 0.25) is 0 Å². The van der Waals surface area contributed by atoms with Crippen molar-refractivity contribution in [3.05, 3.63) is 76.1 Å². The summed E-state index contributed by atoms with van der Waals surface area (Å²) in [5, 5.41) is 1.35. The predicted octanol–water partition coefficient (Wildman–Crippen LogP) is 4.61. The lowest BCUT2D eigenvalue weighted by atomic mass is 10.2. The lowest BCUT2D eigenvalue weighted by Crippen LogP contribution is -2.19. The van der Waals surface area contributed by atoms with Gasteiger partial charge in [-0.25, -0.2) is 15.0 Å². The maximum Gasteiger partial charge on any atom is 0.262 e. The van der Waals surface area contributed by atoms with Crippen molar-refractivity contribution in [3.63, 3.8) is 0 Å². The van der Waals surface area contributed by atoms with Gasteiger partial charge < -0.3 is 0 Å². The highest BCUT2D eigenvalue weighted by atomic mass is 32.2. The monoisotopic (exact) mass is 433 g/mol. The van der Waals surface area contributed by atoms with Crippen LogP contribution >= 0.6 is 23.1 Å². The number of aryl methyl sites for hydroxylation is 2. The summed E-state index contributed by atoms with van der Waals surface area (Å²) in [5.74, 6) is 1.32. The van der Waals surface area contributed by atoms with Gasteiger partial charge in [0.05, 0.1) is 11.1 Å². The number of hydrogen-bond acceptors (Lipinski definition) is 6. The highest BCUT2D eigenvalue weighted by Gasteiger charge is 2.14. The zero-order valence-corrected chi connectivity index (χ0v) is 18.4. The van der Waals surface area contributed by atoms with E-state index in [0.717, 1.165) is 32.4 Å². The topological polar surface area (TPSA) is 65.1 Å². The Morgan fingerprint density at radius 2 is 1.87 bits per heavy atom. The highest BCUT2D eigenvalue weighted by Crippen LogP contribution is 2.32. The molecule has 30 heavy (non-hydrogen) atoms. The Kier molecular flexibility index (Phi) is 4.67. The number of benzene rings is 1. The van der Waals surface area contributed by atoms with Crippen molar-refractivity contribution in [2.24, 2.45) is 7.05 Å². The molecule has 0 radical (unpaired) electrons. The van der Waals surface area contributed by atoms with E-state index in [9.17, 15) is 4.79 Å². The van der Waals surface area contributed by atoms with Gasteiger partial charge in [0.25, 0.3) is 5.56 Å². The second-order valence-corrected chi connectivity index (χ2v) is 9.16. The molecule has 0 bridgehead atoms. The quantitative estimate of drug-likeness (QED) is 0.306. The number of fused-ring (bicyclic) bond motifs is 2. The van der Waals surface area contributed by atoms with E-state index >= 15 is 0 Å². The molecule has 4 heterocycles. The molecule has 0 atom stereocenters. The first-order valence-electron chi connectivity index (χ1n) is 9.50. The number of aromatic nitrogens is 5. The smallest absolute Gasteiger partial charge is 0.262 e. The van der Waals surface area contributed by atoms with E-state index < -0.39 is 0 Å². The van der Waals surface area contributed by atoms with Gasteiger partial charge in [-0.1, -0.05) is 42.1 Å². The average Bonchev–Trinajstić information content (AvgIpc) is 3.34. The van der Waals surface area contributed by atoms with Gasteiger partial charge in [-0.2, -0.15) is 0 Å². The molecule has 0 unspecified atom stereocenters. The van der Waals surface area contributed by atoms with Gasteiger partial charge in [0, 0.05) is 35.3 Å². The van der Waals surface area contributed by atoms with Crippen molar-refractivity contribution in [1.29, 1.82) is 0 Å². The lowest BCUT2D eigenvalue weighted by molar-refractivity contribution is 0.728. The van der Waals surface area contributed by atoms with Gasteiger partial charge >= 0.3 is 0 Å². The fraction of sp³-hybridized carbons (Fsp3) is 0.182. The molecule has 0 saturated carbocycles. The summed E-state index contributed by atoms with van der Waals surface area (Å²) >= 11 is 3.06. The molecule has 0 N–H and O–H groups in total. The molecular weight excluding hydrogens is 414 g/mol. The summed E-state index contributed by atoms with van der Waals surface area (Å²) in [6.07, 6.45) is 2.00. The third-order valence-corrected chi connectivity index (χ3v) is 7.09. The van der Waals surface area contributed by atoms with Gasteiger partial charge in [0.15, 0.2) is 5.16 Å². The van der Waals surface area contributed by atoms with Crippen molar-refractivity contribution in [3.8, 4) is 10.4 Å².